The van der Waals surface area contributed by atoms with Gasteiger partial charge >= 0.3 is 0 Å². The highest BCUT2D eigenvalue weighted by molar-refractivity contribution is 6.32. The van der Waals surface area contributed by atoms with Crippen LogP contribution < -0.4 is 10.6 Å². The Balaban J connectivity index is 2.07. The van der Waals surface area contributed by atoms with E-state index >= 15 is 0 Å². The molecule has 2 aromatic carbocycles. The van der Waals surface area contributed by atoms with Gasteiger partial charge in [0.15, 0.2) is 0 Å². The summed E-state index contributed by atoms with van der Waals surface area (Å²) in [5, 5.41) is 6.87. The number of rotatable bonds is 2. The van der Waals surface area contributed by atoms with Crippen molar-refractivity contribution in [1.82, 2.24) is 5.32 Å². The van der Waals surface area contributed by atoms with Crippen LogP contribution in [0.3, 0.4) is 0 Å². The highest BCUT2D eigenvalue weighted by Gasteiger charge is 2.57. The summed E-state index contributed by atoms with van der Waals surface area (Å²) in [6, 6.07) is 11.8. The van der Waals surface area contributed by atoms with Crippen molar-refractivity contribution in [2.75, 3.05) is 5.32 Å². The molecule has 6 heteroatoms. The lowest BCUT2D eigenvalue weighted by molar-refractivity contribution is -0.121. The molecular weight excluding hydrogens is 383 g/mol. The van der Waals surface area contributed by atoms with Crippen LogP contribution in [-0.2, 0) is 15.0 Å². The van der Waals surface area contributed by atoms with Gasteiger partial charge in [0.05, 0.1) is 6.04 Å². The number of nitrogens with one attached hydrogen (secondary N) is 2. The van der Waals surface area contributed by atoms with Gasteiger partial charge in [0.2, 0.25) is 11.8 Å². The summed E-state index contributed by atoms with van der Waals surface area (Å²) in [6.07, 6.45) is 1.47. The first-order valence-electron chi connectivity index (χ1n) is 8.39. The normalized spacial score (nSPS) is 23.5. The van der Waals surface area contributed by atoms with Crippen molar-refractivity contribution in [2.24, 2.45) is 0 Å². The molecular formula is C21H16Cl2N2O2. The minimum Gasteiger partial charge on any atom is -0.344 e. The van der Waals surface area contributed by atoms with Gasteiger partial charge in [-0.2, -0.15) is 0 Å². The summed E-state index contributed by atoms with van der Waals surface area (Å²) < 4.78 is 0. The van der Waals surface area contributed by atoms with Gasteiger partial charge in [0.1, 0.15) is 5.41 Å². The van der Waals surface area contributed by atoms with Gasteiger partial charge in [-0.05, 0) is 47.9 Å². The van der Waals surface area contributed by atoms with Gasteiger partial charge in [-0.15, -0.1) is 0 Å². The summed E-state index contributed by atoms with van der Waals surface area (Å²) in [5.41, 5.74) is 2.19. The first kappa shape index (κ1) is 17.8. The van der Waals surface area contributed by atoms with E-state index in [4.69, 9.17) is 23.2 Å². The Kier molecular flexibility index (Phi) is 4.13. The van der Waals surface area contributed by atoms with Crippen LogP contribution in [0.5, 0.6) is 0 Å². The van der Waals surface area contributed by atoms with Gasteiger partial charge in [-0.25, -0.2) is 0 Å². The molecule has 1 spiro atoms. The zero-order valence-electron chi connectivity index (χ0n) is 14.5. The van der Waals surface area contributed by atoms with Crippen LogP contribution in [0.2, 0.25) is 10.0 Å². The molecule has 4 nitrogen and oxygen atoms in total. The Hall–Kier alpha value is -2.56. The number of halogens is 2. The van der Waals surface area contributed by atoms with Gasteiger partial charge in [0, 0.05) is 21.8 Å². The lowest BCUT2D eigenvalue weighted by Gasteiger charge is -2.41. The van der Waals surface area contributed by atoms with E-state index in [0.717, 1.165) is 5.56 Å². The predicted molar refractivity (Wildman–Crippen MR) is 108 cm³/mol. The Bertz CT molecular complexity index is 1040. The quantitative estimate of drug-likeness (QED) is 0.739. The molecule has 2 aliphatic rings. The molecule has 0 fully saturated rings. The van der Waals surface area contributed by atoms with Crippen LogP contribution in [0.15, 0.2) is 60.7 Å². The Morgan fingerprint density at radius 2 is 1.85 bits per heavy atom. The Morgan fingerprint density at radius 3 is 2.56 bits per heavy atom. The van der Waals surface area contributed by atoms with Crippen LogP contribution in [0.4, 0.5) is 5.69 Å². The molecule has 0 aromatic heterocycles. The molecule has 4 rings (SSSR count). The van der Waals surface area contributed by atoms with Crippen LogP contribution in [-0.4, -0.2) is 17.9 Å². The molecule has 136 valence electrons. The first-order chi connectivity index (χ1) is 12.8. The second-order valence-electron chi connectivity index (χ2n) is 6.81. The van der Waals surface area contributed by atoms with Crippen molar-refractivity contribution in [3.05, 3.63) is 81.9 Å². The third kappa shape index (κ3) is 2.59. The van der Waals surface area contributed by atoms with Crippen LogP contribution in [0.1, 0.15) is 18.1 Å². The number of carbonyl (C=O) groups excluding carboxylic acids is 2. The SMILES string of the molecule is C=C(C)C1NC(=O)C=C(c2cccc(Cl)c2)C12C(=O)Nc1cc(Cl)ccc12. The summed E-state index contributed by atoms with van der Waals surface area (Å²) >= 11 is 12.3. The average molecular weight is 399 g/mol. The highest BCUT2D eigenvalue weighted by atomic mass is 35.5. The summed E-state index contributed by atoms with van der Waals surface area (Å²) in [4.78, 5) is 25.8. The van der Waals surface area contributed by atoms with E-state index in [9.17, 15) is 9.59 Å². The standard InChI is InChI=1S/C21H16Cl2N2O2/c1-11(2)19-21(15-7-6-14(23)9-17(15)24-20(21)27)16(10-18(26)25-19)12-4-3-5-13(22)8-12/h3-10,19H,1H2,2H3,(H,24,27)(H,25,26). The summed E-state index contributed by atoms with van der Waals surface area (Å²) in [5.74, 6) is -0.516. The van der Waals surface area contributed by atoms with Gasteiger partial charge in [-0.3, -0.25) is 9.59 Å². The molecule has 2 unspecified atom stereocenters. The average Bonchev–Trinajstić information content (AvgIpc) is 2.88. The fourth-order valence-electron chi connectivity index (χ4n) is 4.01. The molecule has 0 aliphatic carbocycles. The van der Waals surface area contributed by atoms with Crippen molar-refractivity contribution in [2.45, 2.75) is 18.4 Å². The zero-order valence-corrected chi connectivity index (χ0v) is 16.0. The van der Waals surface area contributed by atoms with Crippen molar-refractivity contribution in [1.29, 1.82) is 0 Å². The zero-order chi connectivity index (χ0) is 19.3. The van der Waals surface area contributed by atoms with Crippen molar-refractivity contribution in [3.8, 4) is 0 Å². The monoisotopic (exact) mass is 398 g/mol. The molecule has 2 atom stereocenters. The number of benzene rings is 2. The topological polar surface area (TPSA) is 58.2 Å². The lowest BCUT2D eigenvalue weighted by atomic mass is 9.64. The van der Waals surface area contributed by atoms with Crippen LogP contribution in [0, 0.1) is 0 Å². The first-order valence-corrected chi connectivity index (χ1v) is 9.15. The number of fused-ring (bicyclic) bond motifs is 2. The van der Waals surface area contributed by atoms with Crippen molar-refractivity contribution >= 4 is 46.3 Å². The molecule has 2 amide bonds. The lowest BCUT2D eigenvalue weighted by Crippen LogP contribution is -2.58. The minimum atomic E-state index is -1.15. The van der Waals surface area contributed by atoms with Gasteiger partial charge < -0.3 is 10.6 Å². The molecule has 0 radical (unpaired) electrons. The number of anilines is 1. The van der Waals surface area contributed by atoms with E-state index in [1.54, 1.807) is 37.3 Å². The molecule has 0 saturated carbocycles. The smallest absolute Gasteiger partial charge is 0.244 e. The van der Waals surface area contributed by atoms with E-state index in [-0.39, 0.29) is 11.8 Å². The molecule has 2 aliphatic heterocycles. The van der Waals surface area contributed by atoms with Crippen molar-refractivity contribution < 1.29 is 9.59 Å². The predicted octanol–water partition coefficient (Wildman–Crippen LogP) is 4.34. The second kappa shape index (κ2) is 6.25. The number of amides is 2. The molecule has 27 heavy (non-hydrogen) atoms. The van der Waals surface area contributed by atoms with Gasteiger partial charge in [0.25, 0.3) is 0 Å². The van der Waals surface area contributed by atoms with Crippen LogP contribution >= 0.6 is 23.2 Å². The summed E-state index contributed by atoms with van der Waals surface area (Å²) in [7, 11) is 0. The fraction of sp³-hybridized carbons (Fsp3) is 0.143. The number of hydrogen-bond donors (Lipinski definition) is 2. The van der Waals surface area contributed by atoms with E-state index < -0.39 is 11.5 Å². The molecule has 0 saturated heterocycles. The maximum Gasteiger partial charge on any atom is 0.244 e. The molecule has 2 heterocycles. The van der Waals surface area contributed by atoms with E-state index in [0.29, 0.717) is 32.4 Å². The van der Waals surface area contributed by atoms with Crippen molar-refractivity contribution in [3.63, 3.8) is 0 Å². The largest absolute Gasteiger partial charge is 0.344 e. The maximum atomic E-state index is 13.4. The number of carbonyl (C=O) groups is 2. The van der Waals surface area contributed by atoms with Gasteiger partial charge in [-0.1, -0.05) is 53.6 Å². The highest BCUT2D eigenvalue weighted by Crippen LogP contribution is 2.52. The summed E-state index contributed by atoms with van der Waals surface area (Å²) in [6.45, 7) is 5.83. The van der Waals surface area contributed by atoms with E-state index in [2.05, 4.69) is 17.2 Å². The number of hydrogen-bond acceptors (Lipinski definition) is 2. The molecule has 0 bridgehead atoms. The minimum absolute atomic E-state index is 0.237. The van der Waals surface area contributed by atoms with E-state index in [1.807, 2.05) is 12.1 Å². The van der Waals surface area contributed by atoms with Crippen LogP contribution in [0.25, 0.3) is 5.57 Å². The third-order valence-corrected chi connectivity index (χ3v) is 5.53. The molecule has 2 aromatic rings. The Morgan fingerprint density at radius 1 is 1.11 bits per heavy atom. The maximum absolute atomic E-state index is 13.4. The third-order valence-electron chi connectivity index (χ3n) is 5.06. The Labute approximate surface area is 166 Å². The fourth-order valence-corrected chi connectivity index (χ4v) is 4.38. The molecule has 2 N–H and O–H groups in total. The van der Waals surface area contributed by atoms with E-state index in [1.165, 1.54) is 6.08 Å². The second-order valence-corrected chi connectivity index (χ2v) is 7.68.